The van der Waals surface area contributed by atoms with Crippen LogP contribution in [0.3, 0.4) is 0 Å². The van der Waals surface area contributed by atoms with E-state index in [1.54, 1.807) is 6.07 Å². The minimum atomic E-state index is -0.338. The van der Waals surface area contributed by atoms with Gasteiger partial charge in [-0.15, -0.1) is 0 Å². The number of methoxy groups -OCH3 is 1. The fourth-order valence-corrected chi connectivity index (χ4v) is 7.26. The Balaban J connectivity index is 0.910. The van der Waals surface area contributed by atoms with Crippen LogP contribution in [-0.2, 0) is 0 Å². The number of amides is 2. The molecule has 3 saturated carbocycles. The molecule has 3 heterocycles. The van der Waals surface area contributed by atoms with E-state index in [0.29, 0.717) is 29.4 Å². The molecule has 8 nitrogen and oxygen atoms in total. The molecular weight excluding hydrogens is 461 g/mol. The lowest BCUT2D eigenvalue weighted by molar-refractivity contribution is -0.0737. The van der Waals surface area contributed by atoms with Gasteiger partial charge in [-0.05, 0) is 62.0 Å². The molecule has 1 aromatic carbocycles. The number of urea groups is 1. The van der Waals surface area contributed by atoms with E-state index in [1.165, 1.54) is 32.1 Å². The number of nitrogens with zero attached hydrogens (tertiary/aromatic N) is 5. The maximum absolute atomic E-state index is 13.5. The zero-order chi connectivity index (χ0) is 24.7. The van der Waals surface area contributed by atoms with Gasteiger partial charge in [0.15, 0.2) is 17.3 Å². The van der Waals surface area contributed by atoms with Crippen LogP contribution in [0.5, 0.6) is 11.5 Å². The molecule has 9 heteroatoms. The van der Waals surface area contributed by atoms with E-state index in [1.807, 2.05) is 11.2 Å². The second kappa shape index (κ2) is 7.83. The molecule has 5 aliphatic rings. The third kappa shape index (κ3) is 3.65. The quantitative estimate of drug-likeness (QED) is 0.621. The Kier molecular flexibility index (Phi) is 4.86. The monoisotopic (exact) mass is 495 g/mol. The molecule has 5 fully saturated rings. The van der Waals surface area contributed by atoms with Crippen molar-refractivity contribution in [1.29, 1.82) is 0 Å². The van der Waals surface area contributed by atoms with Gasteiger partial charge in [-0.2, -0.15) is 5.10 Å². The molecule has 2 aromatic rings. The van der Waals surface area contributed by atoms with Crippen LogP contribution in [0.4, 0.5) is 9.18 Å². The summed E-state index contributed by atoms with van der Waals surface area (Å²) in [6.07, 6.45) is 8.37. The predicted octanol–water partition coefficient (Wildman–Crippen LogP) is 4.24. The fraction of sp³-hybridized carbons (Fsp3) is 0.667. The number of ether oxygens (including phenoxy) is 2. The van der Waals surface area contributed by atoms with Crippen molar-refractivity contribution in [1.82, 2.24) is 24.6 Å². The summed E-state index contributed by atoms with van der Waals surface area (Å²) in [6, 6.07) is 5.02. The van der Waals surface area contributed by atoms with Crippen molar-refractivity contribution in [3.63, 3.8) is 0 Å². The number of benzene rings is 1. The molecule has 2 saturated heterocycles. The number of likely N-dealkylation sites (tertiary alicyclic amines) is 2. The van der Waals surface area contributed by atoms with Crippen LogP contribution < -0.4 is 9.47 Å². The van der Waals surface area contributed by atoms with Crippen LogP contribution in [0.25, 0.3) is 0 Å². The minimum Gasteiger partial charge on any atom is -0.493 e. The van der Waals surface area contributed by atoms with E-state index in [9.17, 15) is 9.18 Å². The van der Waals surface area contributed by atoms with E-state index in [4.69, 9.17) is 14.6 Å². The van der Waals surface area contributed by atoms with E-state index < -0.39 is 0 Å². The first kappa shape index (κ1) is 22.4. The number of aromatic nitrogens is 3. The van der Waals surface area contributed by atoms with Gasteiger partial charge in [0.2, 0.25) is 0 Å². The van der Waals surface area contributed by atoms with Gasteiger partial charge in [-0.25, -0.2) is 18.9 Å². The second-order valence-electron chi connectivity index (χ2n) is 12.3. The molecule has 7 rings (SSSR count). The van der Waals surface area contributed by atoms with E-state index >= 15 is 0 Å². The van der Waals surface area contributed by atoms with Gasteiger partial charge >= 0.3 is 6.03 Å². The Bertz CT molecular complexity index is 1180. The average Bonchev–Trinajstić information content (AvgIpc) is 3.33. The summed E-state index contributed by atoms with van der Waals surface area (Å²) in [5, 5.41) is 4.70. The third-order valence-corrected chi connectivity index (χ3v) is 9.41. The van der Waals surface area contributed by atoms with Crippen molar-refractivity contribution in [3.8, 4) is 11.5 Å². The molecule has 0 unspecified atom stereocenters. The maximum Gasteiger partial charge on any atom is 0.320 e. The fourth-order valence-electron chi connectivity index (χ4n) is 7.26. The van der Waals surface area contributed by atoms with Gasteiger partial charge in [0.25, 0.3) is 0 Å². The van der Waals surface area contributed by atoms with Crippen molar-refractivity contribution in [2.45, 2.75) is 63.5 Å². The summed E-state index contributed by atoms with van der Waals surface area (Å²) in [7, 11) is 1.53. The van der Waals surface area contributed by atoms with Crippen molar-refractivity contribution < 1.29 is 18.7 Å². The van der Waals surface area contributed by atoms with Gasteiger partial charge < -0.3 is 19.3 Å². The Hall–Kier alpha value is -2.84. The van der Waals surface area contributed by atoms with Crippen molar-refractivity contribution in [2.75, 3.05) is 33.3 Å². The number of halogens is 1. The van der Waals surface area contributed by atoms with E-state index in [-0.39, 0.29) is 28.8 Å². The summed E-state index contributed by atoms with van der Waals surface area (Å²) in [5.74, 6) is 2.68. The number of fused-ring (bicyclic) bond motifs is 1. The Morgan fingerprint density at radius 2 is 1.92 bits per heavy atom. The summed E-state index contributed by atoms with van der Waals surface area (Å²) >= 11 is 0. The first-order valence-corrected chi connectivity index (χ1v) is 13.3. The topological polar surface area (TPSA) is 72.7 Å². The number of hydrogen-bond donors (Lipinski definition) is 0. The first-order chi connectivity index (χ1) is 17.3. The van der Waals surface area contributed by atoms with E-state index in [2.05, 4.69) is 21.5 Å². The molecule has 0 bridgehead atoms. The smallest absolute Gasteiger partial charge is 0.320 e. The Morgan fingerprint density at radius 1 is 1.11 bits per heavy atom. The highest BCUT2D eigenvalue weighted by Gasteiger charge is 2.57. The highest BCUT2D eigenvalue weighted by molar-refractivity contribution is 5.76. The molecule has 2 amide bonds. The van der Waals surface area contributed by atoms with Crippen molar-refractivity contribution >= 4 is 6.03 Å². The minimum absolute atomic E-state index is 0.0457. The lowest BCUT2D eigenvalue weighted by Crippen LogP contribution is -2.65. The second-order valence-corrected chi connectivity index (χ2v) is 12.3. The average molecular weight is 496 g/mol. The molecule has 36 heavy (non-hydrogen) atoms. The standard InChI is InChI=1S/C27H34FN5O3/c1-26-11-21(36-22-6-5-19(28)8-23(22)35-2)7-18(26)12-31(13-26)25(34)32-14-27(15-32)9-20(10-27)33-16-29-24(30-33)17-3-4-17/h5-6,8,16-18,20-21H,3-4,7,9-15H2,1-2H3/t18-,21+,26+/m1/s1. The molecule has 192 valence electrons. The number of carbonyl (C=O) groups is 1. The van der Waals surface area contributed by atoms with Crippen LogP contribution in [0.1, 0.15) is 63.2 Å². The van der Waals surface area contributed by atoms with Crippen molar-refractivity contribution in [2.24, 2.45) is 16.7 Å². The van der Waals surface area contributed by atoms with Crippen LogP contribution in [0, 0.1) is 22.6 Å². The van der Waals surface area contributed by atoms with Crippen LogP contribution in [0.15, 0.2) is 24.5 Å². The summed E-state index contributed by atoms with van der Waals surface area (Å²) in [5.41, 5.74) is 0.322. The number of hydrogen-bond acceptors (Lipinski definition) is 5. The highest BCUT2D eigenvalue weighted by atomic mass is 19.1. The van der Waals surface area contributed by atoms with Gasteiger partial charge in [0.05, 0.1) is 19.3 Å². The highest BCUT2D eigenvalue weighted by Crippen LogP contribution is 2.55. The van der Waals surface area contributed by atoms with E-state index in [0.717, 1.165) is 57.7 Å². The first-order valence-electron chi connectivity index (χ1n) is 13.3. The molecule has 2 aliphatic heterocycles. The number of carbonyl (C=O) groups excluding carboxylic acids is 1. The maximum atomic E-state index is 13.5. The predicted molar refractivity (Wildman–Crippen MR) is 129 cm³/mol. The van der Waals surface area contributed by atoms with Crippen LogP contribution in [-0.4, -0.2) is 70.0 Å². The lowest BCUT2D eigenvalue weighted by Gasteiger charge is -2.59. The van der Waals surface area contributed by atoms with Gasteiger partial charge in [-0.1, -0.05) is 6.92 Å². The van der Waals surface area contributed by atoms with Crippen LogP contribution >= 0.6 is 0 Å². The molecule has 1 aromatic heterocycles. The molecular formula is C27H34FN5O3. The summed E-state index contributed by atoms with van der Waals surface area (Å²) in [6.45, 7) is 5.55. The largest absolute Gasteiger partial charge is 0.493 e. The Morgan fingerprint density at radius 3 is 2.64 bits per heavy atom. The Labute approximate surface area is 210 Å². The van der Waals surface area contributed by atoms with Crippen molar-refractivity contribution in [3.05, 3.63) is 36.2 Å². The molecule has 3 atom stereocenters. The third-order valence-electron chi connectivity index (χ3n) is 9.41. The van der Waals surface area contributed by atoms with Gasteiger partial charge in [0.1, 0.15) is 12.1 Å². The lowest BCUT2D eigenvalue weighted by atomic mass is 9.61. The van der Waals surface area contributed by atoms with Gasteiger partial charge in [0, 0.05) is 43.6 Å². The normalized spacial score (nSPS) is 30.8. The summed E-state index contributed by atoms with van der Waals surface area (Å²) < 4.78 is 27.1. The molecule has 0 N–H and O–H groups in total. The molecule has 1 spiro atoms. The molecule has 0 radical (unpaired) electrons. The van der Waals surface area contributed by atoms with Gasteiger partial charge in [-0.3, -0.25) is 0 Å². The zero-order valence-electron chi connectivity index (χ0n) is 21.0. The number of rotatable bonds is 5. The molecule has 3 aliphatic carbocycles. The van der Waals surface area contributed by atoms with Crippen LogP contribution in [0.2, 0.25) is 0 Å². The summed E-state index contributed by atoms with van der Waals surface area (Å²) in [4.78, 5) is 21.9. The SMILES string of the molecule is COc1cc(F)ccc1O[C@H]1C[C@@H]2CN(C(=O)N3CC4(CC(n5cnc(C6CC6)n5)C4)C3)C[C@]2(C)C1. The zero-order valence-corrected chi connectivity index (χ0v) is 21.0.